The minimum absolute atomic E-state index is 0.139. The Balaban J connectivity index is 1.46. The third-order valence-corrected chi connectivity index (χ3v) is 5.07. The van der Waals surface area contributed by atoms with Crippen LogP contribution in [0.4, 0.5) is 16.2 Å². The van der Waals surface area contributed by atoms with Gasteiger partial charge in [-0.1, -0.05) is 29.8 Å². The van der Waals surface area contributed by atoms with Gasteiger partial charge in [0.1, 0.15) is 18.0 Å². The lowest BCUT2D eigenvalue weighted by Crippen LogP contribution is -2.19. The van der Waals surface area contributed by atoms with Gasteiger partial charge in [0.05, 0.1) is 5.69 Å². The standard InChI is InChI=1S/C25H24N4O3/c1-16-6-9-19(10-7-16)27-25(31)28-20-11-8-17(2)22(13-20)32-15-21-14-23(30)29-12-4-5-18(3)24(29)26-21/h4-14H,15H2,1-3H3,(H2,27,28,31). The van der Waals surface area contributed by atoms with Crippen molar-refractivity contribution in [2.75, 3.05) is 10.6 Å². The molecule has 2 amide bonds. The number of urea groups is 1. The average molecular weight is 428 g/mol. The summed E-state index contributed by atoms with van der Waals surface area (Å²) in [6.45, 7) is 5.95. The average Bonchev–Trinajstić information content (AvgIpc) is 2.76. The van der Waals surface area contributed by atoms with E-state index in [0.717, 1.165) is 16.7 Å². The highest BCUT2D eigenvalue weighted by atomic mass is 16.5. The number of anilines is 2. The highest BCUT2D eigenvalue weighted by Gasteiger charge is 2.09. The highest BCUT2D eigenvalue weighted by Crippen LogP contribution is 2.24. The van der Waals surface area contributed by atoms with Crippen molar-refractivity contribution in [3.63, 3.8) is 0 Å². The second-order valence-electron chi connectivity index (χ2n) is 7.68. The summed E-state index contributed by atoms with van der Waals surface area (Å²) in [5, 5.41) is 5.61. The molecule has 7 nitrogen and oxygen atoms in total. The molecule has 0 saturated carbocycles. The Morgan fingerprint density at radius 3 is 2.44 bits per heavy atom. The Labute approximate surface area is 185 Å². The van der Waals surface area contributed by atoms with Crippen LogP contribution in [0.1, 0.15) is 22.4 Å². The molecular weight excluding hydrogens is 404 g/mol. The van der Waals surface area contributed by atoms with E-state index in [4.69, 9.17) is 4.74 Å². The lowest BCUT2D eigenvalue weighted by molar-refractivity contribution is 0.262. The van der Waals surface area contributed by atoms with E-state index in [-0.39, 0.29) is 18.2 Å². The predicted molar refractivity (Wildman–Crippen MR) is 126 cm³/mol. The van der Waals surface area contributed by atoms with Gasteiger partial charge >= 0.3 is 6.03 Å². The predicted octanol–water partition coefficient (Wildman–Crippen LogP) is 4.84. The zero-order chi connectivity index (χ0) is 22.7. The van der Waals surface area contributed by atoms with Gasteiger partial charge in [-0.3, -0.25) is 9.20 Å². The van der Waals surface area contributed by atoms with E-state index in [9.17, 15) is 9.59 Å². The van der Waals surface area contributed by atoms with E-state index in [1.54, 1.807) is 18.3 Å². The molecule has 0 saturated heterocycles. The summed E-state index contributed by atoms with van der Waals surface area (Å²) in [5.41, 5.74) is 5.24. The molecule has 0 radical (unpaired) electrons. The van der Waals surface area contributed by atoms with Crippen LogP contribution in [0.5, 0.6) is 5.75 Å². The molecule has 0 aliphatic heterocycles. The molecule has 2 aromatic carbocycles. The van der Waals surface area contributed by atoms with Crippen molar-refractivity contribution in [3.8, 4) is 5.75 Å². The van der Waals surface area contributed by atoms with Crippen LogP contribution in [-0.2, 0) is 6.61 Å². The summed E-state index contributed by atoms with van der Waals surface area (Å²) in [6, 6.07) is 17.8. The van der Waals surface area contributed by atoms with Crippen LogP contribution < -0.4 is 20.9 Å². The minimum Gasteiger partial charge on any atom is -0.487 e. The molecule has 0 spiro atoms. The van der Waals surface area contributed by atoms with Crippen molar-refractivity contribution in [2.24, 2.45) is 0 Å². The Kier molecular flexibility index (Phi) is 5.89. The number of fused-ring (bicyclic) bond motifs is 1. The number of hydrogen-bond donors (Lipinski definition) is 2. The van der Waals surface area contributed by atoms with E-state index in [2.05, 4.69) is 15.6 Å². The molecule has 0 atom stereocenters. The van der Waals surface area contributed by atoms with Crippen molar-refractivity contribution >= 4 is 23.1 Å². The molecule has 0 aliphatic rings. The van der Waals surface area contributed by atoms with Gasteiger partial charge in [0.15, 0.2) is 0 Å². The number of nitrogens with zero attached hydrogens (tertiary/aromatic N) is 2. The summed E-state index contributed by atoms with van der Waals surface area (Å²) in [5.74, 6) is 0.602. The molecule has 0 fully saturated rings. The van der Waals surface area contributed by atoms with Gasteiger partial charge in [-0.2, -0.15) is 0 Å². The molecule has 2 aromatic heterocycles. The fourth-order valence-corrected chi connectivity index (χ4v) is 3.30. The summed E-state index contributed by atoms with van der Waals surface area (Å²) in [7, 11) is 0. The van der Waals surface area contributed by atoms with Gasteiger partial charge in [0.2, 0.25) is 0 Å². The summed E-state index contributed by atoms with van der Waals surface area (Å²) < 4.78 is 7.45. The number of carbonyl (C=O) groups excluding carboxylic acids is 1. The maximum absolute atomic E-state index is 12.4. The van der Waals surface area contributed by atoms with Crippen LogP contribution in [0.15, 0.2) is 71.7 Å². The molecule has 2 N–H and O–H groups in total. The second-order valence-corrected chi connectivity index (χ2v) is 7.68. The van der Waals surface area contributed by atoms with E-state index < -0.39 is 0 Å². The molecule has 0 bridgehead atoms. The number of aromatic nitrogens is 2. The fraction of sp³-hybridized carbons (Fsp3) is 0.160. The normalized spacial score (nSPS) is 10.7. The van der Waals surface area contributed by atoms with Crippen LogP contribution in [-0.4, -0.2) is 15.4 Å². The van der Waals surface area contributed by atoms with E-state index in [1.807, 2.05) is 63.2 Å². The molecule has 0 aliphatic carbocycles. The minimum atomic E-state index is -0.344. The van der Waals surface area contributed by atoms with Gasteiger partial charge in [-0.25, -0.2) is 9.78 Å². The zero-order valence-electron chi connectivity index (χ0n) is 18.2. The van der Waals surface area contributed by atoms with Crippen molar-refractivity contribution < 1.29 is 9.53 Å². The third-order valence-electron chi connectivity index (χ3n) is 5.07. The maximum Gasteiger partial charge on any atom is 0.323 e. The number of pyridine rings is 1. The Bertz CT molecular complexity index is 1340. The van der Waals surface area contributed by atoms with E-state index >= 15 is 0 Å². The lowest BCUT2D eigenvalue weighted by atomic mass is 10.2. The number of aryl methyl sites for hydroxylation is 3. The number of benzene rings is 2. The summed E-state index contributed by atoms with van der Waals surface area (Å²) in [6.07, 6.45) is 1.70. The number of nitrogens with one attached hydrogen (secondary N) is 2. The fourth-order valence-electron chi connectivity index (χ4n) is 3.30. The van der Waals surface area contributed by atoms with Gasteiger partial charge in [0, 0.05) is 29.7 Å². The number of carbonyl (C=O) groups is 1. The molecule has 162 valence electrons. The Hall–Kier alpha value is -4.13. The molecule has 7 heteroatoms. The monoisotopic (exact) mass is 428 g/mol. The first-order valence-electron chi connectivity index (χ1n) is 10.2. The van der Waals surface area contributed by atoms with Crippen LogP contribution in [0.2, 0.25) is 0 Å². The van der Waals surface area contributed by atoms with Gasteiger partial charge in [0.25, 0.3) is 5.56 Å². The highest BCUT2D eigenvalue weighted by molar-refractivity contribution is 5.99. The van der Waals surface area contributed by atoms with Crippen molar-refractivity contribution in [3.05, 3.63) is 99.6 Å². The molecular formula is C25H24N4O3. The number of ether oxygens (including phenoxy) is 1. The zero-order valence-corrected chi connectivity index (χ0v) is 18.2. The first-order chi connectivity index (χ1) is 15.4. The van der Waals surface area contributed by atoms with Crippen molar-refractivity contribution in [1.29, 1.82) is 0 Å². The maximum atomic E-state index is 12.4. The number of amides is 2. The lowest BCUT2D eigenvalue weighted by Gasteiger charge is -2.13. The third kappa shape index (κ3) is 4.78. The molecule has 4 rings (SSSR count). The largest absolute Gasteiger partial charge is 0.487 e. The van der Waals surface area contributed by atoms with Gasteiger partial charge in [-0.05, 0) is 56.2 Å². The SMILES string of the molecule is Cc1ccc(NC(=O)Nc2ccc(C)c(OCc3cc(=O)n4cccc(C)c4n3)c2)cc1. The molecule has 0 unspecified atom stereocenters. The topological polar surface area (TPSA) is 84.7 Å². The number of hydrogen-bond acceptors (Lipinski definition) is 4. The van der Waals surface area contributed by atoms with Gasteiger partial charge < -0.3 is 15.4 Å². The molecule has 4 aromatic rings. The van der Waals surface area contributed by atoms with Crippen LogP contribution in [0, 0.1) is 20.8 Å². The first kappa shape index (κ1) is 21.1. The van der Waals surface area contributed by atoms with Crippen molar-refractivity contribution in [1.82, 2.24) is 9.38 Å². The second kappa shape index (κ2) is 8.93. The Morgan fingerprint density at radius 1 is 0.938 bits per heavy atom. The van der Waals surface area contributed by atoms with Crippen LogP contribution in [0.25, 0.3) is 5.65 Å². The quantitative estimate of drug-likeness (QED) is 0.476. The van der Waals surface area contributed by atoms with E-state index in [0.29, 0.717) is 28.5 Å². The molecule has 32 heavy (non-hydrogen) atoms. The van der Waals surface area contributed by atoms with Crippen molar-refractivity contribution in [2.45, 2.75) is 27.4 Å². The van der Waals surface area contributed by atoms with E-state index in [1.165, 1.54) is 10.5 Å². The smallest absolute Gasteiger partial charge is 0.323 e. The van der Waals surface area contributed by atoms with Crippen LogP contribution >= 0.6 is 0 Å². The molecule has 2 heterocycles. The summed E-state index contributed by atoms with van der Waals surface area (Å²) >= 11 is 0. The number of rotatable bonds is 5. The first-order valence-corrected chi connectivity index (χ1v) is 10.2. The summed E-state index contributed by atoms with van der Waals surface area (Å²) in [4.78, 5) is 29.3. The van der Waals surface area contributed by atoms with Crippen LogP contribution in [0.3, 0.4) is 0 Å². The van der Waals surface area contributed by atoms with Gasteiger partial charge in [-0.15, -0.1) is 0 Å². The Morgan fingerprint density at radius 2 is 1.66 bits per heavy atom.